The van der Waals surface area contributed by atoms with Crippen LogP contribution in [0.3, 0.4) is 0 Å². The van der Waals surface area contributed by atoms with Crippen molar-refractivity contribution in [2.75, 3.05) is 0 Å². The second-order valence-corrected chi connectivity index (χ2v) is 2.43. The van der Waals surface area contributed by atoms with Gasteiger partial charge in [-0.2, -0.15) is 0 Å². The molecule has 3 N–H and O–H groups in total. The molecule has 2 aromatic heterocycles. The molecule has 0 bridgehead atoms. The summed E-state index contributed by atoms with van der Waals surface area (Å²) < 4.78 is 1.43. The van der Waals surface area contributed by atoms with Crippen LogP contribution in [-0.2, 0) is 6.54 Å². The van der Waals surface area contributed by atoms with Gasteiger partial charge in [-0.25, -0.2) is 9.78 Å². The van der Waals surface area contributed by atoms with Gasteiger partial charge in [0.15, 0.2) is 0 Å². The van der Waals surface area contributed by atoms with Crippen LogP contribution in [0.4, 0.5) is 0 Å². The molecule has 0 aromatic carbocycles. The molecular weight excluding hydrogens is 227 g/mol. The van der Waals surface area contributed by atoms with E-state index >= 15 is 0 Å². The molecule has 2 aromatic rings. The fraction of sp³-hybridized carbons (Fsp3) is 0.143. The van der Waals surface area contributed by atoms with E-state index in [2.05, 4.69) is 9.97 Å². The molecule has 0 saturated carbocycles. The number of nitrogens with one attached hydrogen (secondary N) is 1. The average molecular weight is 237 g/mol. The topological polar surface area (TPSA) is 76.2 Å². The van der Waals surface area contributed by atoms with E-state index < -0.39 is 0 Å². The third-order valence-electron chi connectivity index (χ3n) is 1.64. The van der Waals surface area contributed by atoms with Crippen LogP contribution in [0.2, 0.25) is 0 Å². The number of fused-ring (bicyclic) bond motifs is 1. The van der Waals surface area contributed by atoms with Gasteiger partial charge in [0.2, 0.25) is 0 Å². The lowest BCUT2D eigenvalue weighted by Gasteiger charge is -1.96. The van der Waals surface area contributed by atoms with E-state index in [4.69, 9.17) is 5.73 Å². The van der Waals surface area contributed by atoms with Gasteiger partial charge in [-0.3, -0.25) is 9.38 Å². The van der Waals surface area contributed by atoms with Crippen LogP contribution in [-0.4, -0.2) is 14.4 Å². The smallest absolute Gasteiger partial charge is 0.324 e. The lowest BCUT2D eigenvalue weighted by molar-refractivity contribution is 0.845. The summed E-state index contributed by atoms with van der Waals surface area (Å²) in [4.78, 5) is 17.9. The lowest BCUT2D eigenvalue weighted by atomic mass is 10.6. The van der Waals surface area contributed by atoms with Crippen molar-refractivity contribution in [1.82, 2.24) is 14.4 Å². The van der Waals surface area contributed by atoms with Gasteiger partial charge in [-0.1, -0.05) is 0 Å². The van der Waals surface area contributed by atoms with E-state index in [0.29, 0.717) is 11.5 Å². The standard InChI is InChI=1S/C7H8N4O.2ClH/c8-4-5-9-6-2-1-3-11(6)7(12)10-5;;/h1-3H,4,8H2,(H,9,10,12);2*1H. The number of aromatic nitrogens is 3. The highest BCUT2D eigenvalue weighted by Gasteiger charge is 1.99. The average Bonchev–Trinajstić information content (AvgIpc) is 2.52. The maximum absolute atomic E-state index is 11.2. The molecule has 0 aliphatic rings. The predicted molar refractivity (Wildman–Crippen MR) is 58.2 cm³/mol. The summed E-state index contributed by atoms with van der Waals surface area (Å²) in [6, 6.07) is 3.52. The normalized spacial score (nSPS) is 9.21. The summed E-state index contributed by atoms with van der Waals surface area (Å²) in [7, 11) is 0. The van der Waals surface area contributed by atoms with Gasteiger partial charge in [0.1, 0.15) is 11.5 Å². The van der Waals surface area contributed by atoms with Crippen molar-refractivity contribution in [3.8, 4) is 0 Å². The second kappa shape index (κ2) is 4.99. The van der Waals surface area contributed by atoms with Crippen LogP contribution in [0.25, 0.3) is 5.65 Å². The molecule has 2 rings (SSSR count). The first-order chi connectivity index (χ1) is 5.81. The Balaban J connectivity index is 0.000000845. The highest BCUT2D eigenvalue weighted by Crippen LogP contribution is 1.95. The Morgan fingerprint density at radius 1 is 1.50 bits per heavy atom. The van der Waals surface area contributed by atoms with Gasteiger partial charge >= 0.3 is 5.69 Å². The van der Waals surface area contributed by atoms with Crippen molar-refractivity contribution >= 4 is 30.5 Å². The first kappa shape index (κ1) is 13.0. The molecule has 0 amide bonds. The Morgan fingerprint density at radius 3 is 2.86 bits per heavy atom. The number of hydrogen-bond donors (Lipinski definition) is 2. The van der Waals surface area contributed by atoms with E-state index in [-0.39, 0.29) is 37.0 Å². The summed E-state index contributed by atoms with van der Waals surface area (Å²) in [5.74, 6) is 0.506. The van der Waals surface area contributed by atoms with Gasteiger partial charge in [0.05, 0.1) is 6.54 Å². The summed E-state index contributed by atoms with van der Waals surface area (Å²) in [6.45, 7) is 0.247. The summed E-state index contributed by atoms with van der Waals surface area (Å²) in [5, 5.41) is 0. The molecule has 0 saturated heterocycles. The van der Waals surface area contributed by atoms with Crippen molar-refractivity contribution in [2.45, 2.75) is 6.54 Å². The Bertz CT molecular complexity index is 464. The van der Waals surface area contributed by atoms with E-state index in [9.17, 15) is 4.79 Å². The summed E-state index contributed by atoms with van der Waals surface area (Å²) >= 11 is 0. The molecule has 7 heteroatoms. The van der Waals surface area contributed by atoms with Crippen LogP contribution >= 0.6 is 24.8 Å². The first-order valence-corrected chi connectivity index (χ1v) is 3.57. The molecule has 2 heterocycles. The molecule has 78 valence electrons. The van der Waals surface area contributed by atoms with Crippen LogP contribution in [0.15, 0.2) is 23.1 Å². The number of H-pyrrole nitrogens is 1. The summed E-state index contributed by atoms with van der Waals surface area (Å²) in [5.41, 5.74) is 5.76. The van der Waals surface area contributed by atoms with E-state index in [1.807, 2.05) is 0 Å². The maximum atomic E-state index is 11.2. The third kappa shape index (κ3) is 2.06. The Kier molecular flexibility index (Phi) is 4.62. The quantitative estimate of drug-likeness (QED) is 0.750. The molecule has 0 spiro atoms. The fourth-order valence-corrected chi connectivity index (χ4v) is 1.08. The molecule has 0 aliphatic carbocycles. The van der Waals surface area contributed by atoms with Gasteiger partial charge in [0.25, 0.3) is 0 Å². The lowest BCUT2D eigenvalue weighted by Crippen LogP contribution is -2.20. The summed E-state index contributed by atoms with van der Waals surface area (Å²) in [6.07, 6.45) is 1.65. The zero-order chi connectivity index (χ0) is 8.55. The zero-order valence-electron chi connectivity index (χ0n) is 7.14. The molecule has 14 heavy (non-hydrogen) atoms. The van der Waals surface area contributed by atoms with Crippen molar-refractivity contribution in [1.29, 1.82) is 0 Å². The van der Waals surface area contributed by atoms with E-state index in [1.54, 1.807) is 18.3 Å². The molecule has 0 atom stereocenters. The number of halogens is 2. The molecular formula is C7H10Cl2N4O. The van der Waals surface area contributed by atoms with Gasteiger partial charge in [0, 0.05) is 6.20 Å². The van der Waals surface area contributed by atoms with Crippen molar-refractivity contribution in [3.63, 3.8) is 0 Å². The van der Waals surface area contributed by atoms with Gasteiger partial charge < -0.3 is 5.73 Å². The number of hydrogen-bond acceptors (Lipinski definition) is 3. The number of nitrogens with zero attached hydrogens (tertiary/aromatic N) is 2. The highest BCUT2D eigenvalue weighted by atomic mass is 35.5. The van der Waals surface area contributed by atoms with Crippen molar-refractivity contribution in [3.05, 3.63) is 34.6 Å². The van der Waals surface area contributed by atoms with Gasteiger partial charge in [-0.05, 0) is 12.1 Å². The largest absolute Gasteiger partial charge is 0.332 e. The number of rotatable bonds is 1. The molecule has 0 fully saturated rings. The van der Waals surface area contributed by atoms with Crippen molar-refractivity contribution < 1.29 is 0 Å². The van der Waals surface area contributed by atoms with Crippen LogP contribution in [0, 0.1) is 0 Å². The molecule has 5 nitrogen and oxygen atoms in total. The molecule has 0 aliphatic heterocycles. The Hall–Kier alpha value is -1.04. The van der Waals surface area contributed by atoms with E-state index in [1.165, 1.54) is 4.40 Å². The van der Waals surface area contributed by atoms with Gasteiger partial charge in [-0.15, -0.1) is 24.8 Å². The SMILES string of the molecule is Cl.Cl.NCc1nc2cccn2c(=O)[nH]1. The monoisotopic (exact) mass is 236 g/mol. The Morgan fingerprint density at radius 2 is 2.21 bits per heavy atom. The third-order valence-corrected chi connectivity index (χ3v) is 1.64. The van der Waals surface area contributed by atoms with Crippen LogP contribution in [0.1, 0.15) is 5.82 Å². The van der Waals surface area contributed by atoms with Crippen LogP contribution in [0.5, 0.6) is 0 Å². The van der Waals surface area contributed by atoms with Crippen molar-refractivity contribution in [2.24, 2.45) is 5.73 Å². The fourth-order valence-electron chi connectivity index (χ4n) is 1.08. The minimum Gasteiger partial charge on any atom is -0.324 e. The first-order valence-electron chi connectivity index (χ1n) is 3.57. The molecule has 0 radical (unpaired) electrons. The second-order valence-electron chi connectivity index (χ2n) is 2.43. The number of nitrogens with two attached hydrogens (primary N) is 1. The molecule has 0 unspecified atom stereocenters. The highest BCUT2D eigenvalue weighted by molar-refractivity contribution is 5.85. The predicted octanol–water partition coefficient (Wildman–Crippen LogP) is 0.325. The van der Waals surface area contributed by atoms with Crippen LogP contribution < -0.4 is 11.4 Å². The van der Waals surface area contributed by atoms with E-state index in [0.717, 1.165) is 0 Å². The zero-order valence-corrected chi connectivity index (χ0v) is 8.77. The number of aromatic amines is 1. The Labute approximate surface area is 92.2 Å². The minimum atomic E-state index is -0.203. The maximum Gasteiger partial charge on any atom is 0.332 e. The minimum absolute atomic E-state index is 0.